The largest absolute Gasteiger partial charge is 0.451 e. The highest BCUT2D eigenvalue weighted by Crippen LogP contribution is 2.21. The van der Waals surface area contributed by atoms with Crippen molar-refractivity contribution in [3.05, 3.63) is 56.9 Å². The number of amides is 1. The van der Waals surface area contributed by atoms with Crippen LogP contribution in [0, 0.1) is 30.9 Å². The first-order valence-electron chi connectivity index (χ1n) is 8.40. The molecule has 1 amide bonds. The molecule has 1 atom stereocenters. The minimum absolute atomic E-state index is 0.133. The van der Waals surface area contributed by atoms with Crippen molar-refractivity contribution < 1.29 is 19.2 Å². The molecule has 2 rings (SSSR count). The Hall–Kier alpha value is -3.23. The zero-order chi connectivity index (χ0) is 20.1. The number of hydrogen-bond donors (Lipinski definition) is 1. The van der Waals surface area contributed by atoms with Gasteiger partial charge in [0.15, 0.2) is 6.10 Å². The highest BCUT2D eigenvalue weighted by atomic mass is 16.6. The number of carbonyl (C=O) groups is 2. The van der Waals surface area contributed by atoms with Gasteiger partial charge in [-0.25, -0.2) is 0 Å². The van der Waals surface area contributed by atoms with Crippen LogP contribution in [0.25, 0.3) is 0 Å². The molecule has 0 spiro atoms. The molecule has 0 aliphatic heterocycles. The Bertz CT molecular complexity index is 857. The van der Waals surface area contributed by atoms with Gasteiger partial charge in [0.05, 0.1) is 4.92 Å². The smallest absolute Gasteiger partial charge is 0.328 e. The number of benzene rings is 1. The summed E-state index contributed by atoms with van der Waals surface area (Å²) in [4.78, 5) is 34.6. The molecule has 1 N–H and O–H groups in total. The number of carbonyl (C=O) groups excluding carboxylic acids is 2. The van der Waals surface area contributed by atoms with E-state index in [0.29, 0.717) is 6.54 Å². The topological polar surface area (TPSA) is 116 Å². The molecule has 0 radical (unpaired) electrons. The van der Waals surface area contributed by atoms with Crippen LogP contribution in [0.3, 0.4) is 0 Å². The Morgan fingerprint density at radius 2 is 1.89 bits per heavy atom. The molecule has 0 saturated heterocycles. The Morgan fingerprint density at radius 1 is 1.26 bits per heavy atom. The van der Waals surface area contributed by atoms with Crippen molar-refractivity contribution in [1.82, 2.24) is 15.1 Å². The van der Waals surface area contributed by atoms with Gasteiger partial charge in [0.2, 0.25) is 0 Å². The lowest BCUT2D eigenvalue weighted by atomic mass is 10.1. The molecule has 0 aliphatic rings. The first kappa shape index (κ1) is 20.1. The van der Waals surface area contributed by atoms with Crippen molar-refractivity contribution in [2.45, 2.75) is 46.9 Å². The third-order valence-electron chi connectivity index (χ3n) is 4.07. The first-order chi connectivity index (χ1) is 12.7. The van der Waals surface area contributed by atoms with Crippen LogP contribution < -0.4 is 5.32 Å². The van der Waals surface area contributed by atoms with E-state index in [9.17, 15) is 19.7 Å². The second-order valence-electron chi connectivity index (χ2n) is 6.27. The predicted molar refractivity (Wildman–Crippen MR) is 96.9 cm³/mol. The quantitative estimate of drug-likeness (QED) is 0.450. The van der Waals surface area contributed by atoms with E-state index in [-0.39, 0.29) is 23.6 Å². The van der Waals surface area contributed by atoms with E-state index in [4.69, 9.17) is 4.74 Å². The Labute approximate surface area is 156 Å². The van der Waals surface area contributed by atoms with Crippen molar-refractivity contribution in [1.29, 1.82) is 0 Å². The van der Waals surface area contributed by atoms with Gasteiger partial charge >= 0.3 is 11.7 Å². The fourth-order valence-electron chi connectivity index (χ4n) is 2.55. The Morgan fingerprint density at radius 3 is 2.44 bits per heavy atom. The van der Waals surface area contributed by atoms with E-state index < -0.39 is 22.9 Å². The lowest BCUT2D eigenvalue weighted by molar-refractivity contribution is -0.386. The van der Waals surface area contributed by atoms with Crippen molar-refractivity contribution in [2.24, 2.45) is 0 Å². The highest BCUT2D eigenvalue weighted by Gasteiger charge is 2.24. The van der Waals surface area contributed by atoms with E-state index in [1.54, 1.807) is 0 Å². The number of nitrogens with zero attached hydrogens (tertiary/aromatic N) is 3. The van der Waals surface area contributed by atoms with E-state index in [1.165, 1.54) is 25.5 Å². The minimum atomic E-state index is -0.991. The minimum Gasteiger partial charge on any atom is -0.451 e. The number of hydrogen-bond acceptors (Lipinski definition) is 6. The molecule has 0 bridgehead atoms. The summed E-state index contributed by atoms with van der Waals surface area (Å²) in [6.07, 6.45) is -0.991. The average molecular weight is 374 g/mol. The molecule has 1 aromatic carbocycles. The third kappa shape index (κ3) is 5.13. The normalized spacial score (nSPS) is 11.7. The van der Waals surface area contributed by atoms with E-state index in [2.05, 4.69) is 10.4 Å². The van der Waals surface area contributed by atoms with Crippen LogP contribution in [0.5, 0.6) is 0 Å². The fourth-order valence-corrected chi connectivity index (χ4v) is 2.55. The highest BCUT2D eigenvalue weighted by molar-refractivity contribution is 5.83. The molecular formula is C18H22N4O5. The van der Waals surface area contributed by atoms with E-state index in [0.717, 1.165) is 11.1 Å². The van der Waals surface area contributed by atoms with E-state index in [1.807, 2.05) is 31.2 Å². The molecule has 0 unspecified atom stereocenters. The molecule has 0 fully saturated rings. The molecule has 1 aromatic heterocycles. The van der Waals surface area contributed by atoms with Crippen LogP contribution >= 0.6 is 0 Å². The second-order valence-corrected chi connectivity index (χ2v) is 6.27. The zero-order valence-electron chi connectivity index (χ0n) is 15.7. The lowest BCUT2D eigenvalue weighted by Gasteiger charge is -2.14. The number of rotatable bonds is 7. The van der Waals surface area contributed by atoms with Crippen LogP contribution in [0.2, 0.25) is 0 Å². The molecule has 144 valence electrons. The monoisotopic (exact) mass is 374 g/mol. The number of esters is 1. The average Bonchev–Trinajstić information content (AvgIpc) is 2.87. The van der Waals surface area contributed by atoms with Gasteiger partial charge in [-0.3, -0.25) is 24.4 Å². The van der Waals surface area contributed by atoms with Crippen LogP contribution in [0.4, 0.5) is 5.69 Å². The third-order valence-corrected chi connectivity index (χ3v) is 4.07. The lowest BCUT2D eigenvalue weighted by Crippen LogP contribution is -2.36. The second kappa shape index (κ2) is 8.43. The summed E-state index contributed by atoms with van der Waals surface area (Å²) in [5, 5.41) is 17.7. The molecular weight excluding hydrogens is 352 g/mol. The Kier molecular flexibility index (Phi) is 6.27. The molecule has 0 aliphatic carbocycles. The maximum atomic E-state index is 12.1. The van der Waals surface area contributed by atoms with Gasteiger partial charge in [-0.1, -0.05) is 29.8 Å². The summed E-state index contributed by atoms with van der Waals surface area (Å²) in [7, 11) is 0. The standard InChI is InChI=1S/C18H22N4O5/c1-11-5-7-15(8-6-11)9-19-18(24)14(4)27-16(23)10-21-13(3)17(22(25)26)12(2)20-21/h5-8,14H,9-10H2,1-4H3,(H,19,24)/t14-/m0/s1. The number of ether oxygens (including phenoxy) is 1. The SMILES string of the molecule is Cc1ccc(CNC(=O)[C@H](C)OC(=O)Cn2nc(C)c([N+](=O)[O-])c2C)cc1. The summed E-state index contributed by atoms with van der Waals surface area (Å²) in [6.45, 7) is 6.45. The summed E-state index contributed by atoms with van der Waals surface area (Å²) >= 11 is 0. The molecule has 2 aromatic rings. The summed E-state index contributed by atoms with van der Waals surface area (Å²) in [6, 6.07) is 7.70. The van der Waals surface area contributed by atoms with Crippen molar-refractivity contribution in [2.75, 3.05) is 0 Å². The molecule has 9 heteroatoms. The van der Waals surface area contributed by atoms with Crippen molar-refractivity contribution >= 4 is 17.6 Å². The van der Waals surface area contributed by atoms with Gasteiger partial charge < -0.3 is 10.1 Å². The number of aromatic nitrogens is 2. The first-order valence-corrected chi connectivity index (χ1v) is 8.40. The van der Waals surface area contributed by atoms with Crippen LogP contribution in [-0.4, -0.2) is 32.7 Å². The summed E-state index contributed by atoms with van der Waals surface area (Å²) in [5.74, 6) is -1.13. The van der Waals surface area contributed by atoms with Crippen LogP contribution in [0.1, 0.15) is 29.4 Å². The predicted octanol–water partition coefficient (Wildman–Crippen LogP) is 1.96. The maximum absolute atomic E-state index is 12.1. The van der Waals surface area contributed by atoms with Crippen LogP contribution in [-0.2, 0) is 27.4 Å². The van der Waals surface area contributed by atoms with Crippen molar-refractivity contribution in [3.63, 3.8) is 0 Å². The maximum Gasteiger partial charge on any atom is 0.328 e. The van der Waals surface area contributed by atoms with Crippen molar-refractivity contribution in [3.8, 4) is 0 Å². The van der Waals surface area contributed by atoms with Gasteiger partial charge in [-0.2, -0.15) is 5.10 Å². The van der Waals surface area contributed by atoms with E-state index >= 15 is 0 Å². The summed E-state index contributed by atoms with van der Waals surface area (Å²) in [5.41, 5.74) is 2.39. The fraction of sp³-hybridized carbons (Fsp3) is 0.389. The molecule has 27 heavy (non-hydrogen) atoms. The van der Waals surface area contributed by atoms with Gasteiger partial charge in [-0.05, 0) is 33.3 Å². The number of aryl methyl sites for hydroxylation is 2. The number of nitrogens with one attached hydrogen (secondary N) is 1. The van der Waals surface area contributed by atoms with Gasteiger partial charge in [0, 0.05) is 6.54 Å². The molecule has 1 heterocycles. The van der Waals surface area contributed by atoms with Gasteiger partial charge in [0.25, 0.3) is 5.91 Å². The summed E-state index contributed by atoms with van der Waals surface area (Å²) < 4.78 is 6.31. The molecule has 0 saturated carbocycles. The Balaban J connectivity index is 1.89. The zero-order valence-corrected chi connectivity index (χ0v) is 15.7. The molecule has 9 nitrogen and oxygen atoms in total. The van der Waals surface area contributed by atoms with Gasteiger partial charge in [-0.15, -0.1) is 0 Å². The van der Waals surface area contributed by atoms with Crippen LogP contribution in [0.15, 0.2) is 24.3 Å². The van der Waals surface area contributed by atoms with Gasteiger partial charge in [0.1, 0.15) is 17.9 Å². The number of nitro groups is 1.